The van der Waals surface area contributed by atoms with Crippen LogP contribution in [0.25, 0.3) is 43.8 Å². The minimum atomic E-state index is -0.278. The number of aromatic nitrogens is 3. The second kappa shape index (κ2) is 9.76. The molecule has 0 bridgehead atoms. The Labute approximate surface area is 199 Å². The van der Waals surface area contributed by atoms with Crippen molar-refractivity contribution in [1.29, 1.82) is 0 Å². The first-order valence-electron chi connectivity index (χ1n) is 9.89. The molecule has 0 aliphatic rings. The van der Waals surface area contributed by atoms with Gasteiger partial charge in [0, 0.05) is 61.6 Å². The molecule has 0 fully saturated rings. The minimum Gasteiger partial charge on any atom is -0.305 e. The molecule has 158 valence electrons. The van der Waals surface area contributed by atoms with E-state index < -0.39 is 0 Å². The van der Waals surface area contributed by atoms with E-state index in [0.29, 0.717) is 0 Å². The molecule has 3 nitrogen and oxygen atoms in total. The van der Waals surface area contributed by atoms with Gasteiger partial charge >= 0.3 is 0 Å². The van der Waals surface area contributed by atoms with Crippen LogP contribution in [0.2, 0.25) is 0 Å². The molecule has 0 atom stereocenters. The average molecular weight is 598 g/mol. The smallest absolute Gasteiger partial charge is 0.0802 e. The summed E-state index contributed by atoms with van der Waals surface area (Å²) in [6.07, 6.45) is 5.37. The van der Waals surface area contributed by atoms with Gasteiger partial charge in [-0.3, -0.25) is 14.4 Å². The Bertz CT molecular complexity index is 1420. The van der Waals surface area contributed by atoms with Gasteiger partial charge in [-0.15, -0.1) is 29.8 Å². The van der Waals surface area contributed by atoms with Gasteiger partial charge in [0.25, 0.3) is 0 Å². The Balaban J connectivity index is 0.000000157. The summed E-state index contributed by atoms with van der Waals surface area (Å²) in [6, 6.07) is 29.4. The average Bonchev–Trinajstić information content (AvgIpc) is 2.85. The van der Waals surface area contributed by atoms with E-state index in [1.54, 1.807) is 12.3 Å². The standard InChI is InChI=1S/C16H10N2.C11H7FN.Pt/c1-3-12-7-5-11-6-8-13-4-2-10-18-16(13)14(11)15(12)17-9-1;12-10-6-4-9(5-7-10)11-3-1-2-8-13-11;/h1-10H;1-4,6-8H;/q;-1;. The zero-order valence-electron chi connectivity index (χ0n) is 16.9. The SMILES string of the molecule is Fc1c[c-]c(-c2ccccn2)cc1.[Pt].c1cnc2c(c1)ccc1ccc3cccnc3c12. The largest absolute Gasteiger partial charge is 0.305 e. The summed E-state index contributed by atoms with van der Waals surface area (Å²) in [5.74, 6) is -0.278. The van der Waals surface area contributed by atoms with E-state index in [-0.39, 0.29) is 26.9 Å². The second-order valence-corrected chi connectivity index (χ2v) is 7.02. The first kappa shape index (κ1) is 21.7. The molecule has 0 N–H and O–H groups in total. The summed E-state index contributed by atoms with van der Waals surface area (Å²) in [5, 5.41) is 4.64. The minimum absolute atomic E-state index is 0. The third-order valence-corrected chi connectivity index (χ3v) is 5.04. The topological polar surface area (TPSA) is 38.7 Å². The molecule has 5 heteroatoms. The van der Waals surface area contributed by atoms with Gasteiger partial charge in [0.2, 0.25) is 0 Å². The van der Waals surface area contributed by atoms with Crippen LogP contribution in [0, 0.1) is 11.9 Å². The van der Waals surface area contributed by atoms with Gasteiger partial charge in [0.1, 0.15) is 0 Å². The molecule has 0 saturated carbocycles. The van der Waals surface area contributed by atoms with Crippen LogP contribution in [0.4, 0.5) is 4.39 Å². The third-order valence-electron chi connectivity index (χ3n) is 5.04. The molecular weight excluding hydrogens is 580 g/mol. The maximum Gasteiger partial charge on any atom is 0.0802 e. The molecule has 0 radical (unpaired) electrons. The molecule has 32 heavy (non-hydrogen) atoms. The second-order valence-electron chi connectivity index (χ2n) is 7.02. The summed E-state index contributed by atoms with van der Waals surface area (Å²) in [6.45, 7) is 0. The fourth-order valence-corrected chi connectivity index (χ4v) is 3.58. The molecule has 6 rings (SSSR count). The molecule has 3 heterocycles. The van der Waals surface area contributed by atoms with Crippen LogP contribution in [0.5, 0.6) is 0 Å². The summed E-state index contributed by atoms with van der Waals surface area (Å²) in [7, 11) is 0. The molecule has 0 aliphatic carbocycles. The Morgan fingerprint density at radius 1 is 0.594 bits per heavy atom. The van der Waals surface area contributed by atoms with E-state index in [1.165, 1.54) is 17.5 Å². The predicted octanol–water partition coefficient (Wildman–Crippen LogP) is 6.62. The monoisotopic (exact) mass is 597 g/mol. The molecule has 0 spiro atoms. The Kier molecular flexibility index (Phi) is 6.63. The Morgan fingerprint density at radius 3 is 1.78 bits per heavy atom. The molecule has 0 unspecified atom stereocenters. The van der Waals surface area contributed by atoms with Crippen molar-refractivity contribution in [3.63, 3.8) is 0 Å². The molecule has 0 saturated heterocycles. The van der Waals surface area contributed by atoms with Gasteiger partial charge in [-0.05, 0) is 29.3 Å². The number of rotatable bonds is 1. The van der Waals surface area contributed by atoms with Crippen molar-refractivity contribution in [3.05, 3.63) is 115 Å². The molecule has 0 aliphatic heterocycles. The van der Waals surface area contributed by atoms with Crippen LogP contribution in [0.15, 0.2) is 104 Å². The van der Waals surface area contributed by atoms with Crippen LogP contribution in [-0.4, -0.2) is 15.0 Å². The van der Waals surface area contributed by atoms with Gasteiger partial charge in [-0.25, -0.2) is 0 Å². The molecule has 3 aromatic carbocycles. The molecular formula is C27H17FN3Pt-. The summed E-state index contributed by atoms with van der Waals surface area (Å²) in [4.78, 5) is 13.2. The van der Waals surface area contributed by atoms with Crippen molar-refractivity contribution in [3.8, 4) is 11.3 Å². The van der Waals surface area contributed by atoms with Crippen molar-refractivity contribution < 1.29 is 25.5 Å². The van der Waals surface area contributed by atoms with Crippen molar-refractivity contribution in [2.75, 3.05) is 0 Å². The maximum absolute atomic E-state index is 12.6. The van der Waals surface area contributed by atoms with E-state index in [4.69, 9.17) is 0 Å². The zero-order chi connectivity index (χ0) is 21.0. The van der Waals surface area contributed by atoms with E-state index in [9.17, 15) is 4.39 Å². The molecule has 0 amide bonds. The van der Waals surface area contributed by atoms with Crippen molar-refractivity contribution in [2.45, 2.75) is 0 Å². The summed E-state index contributed by atoms with van der Waals surface area (Å²) in [5.41, 5.74) is 3.67. The van der Waals surface area contributed by atoms with E-state index in [1.807, 2.05) is 42.7 Å². The zero-order valence-corrected chi connectivity index (χ0v) is 19.1. The normalized spacial score (nSPS) is 10.4. The molecule has 3 aromatic heterocycles. The van der Waals surface area contributed by atoms with Crippen LogP contribution in [0.3, 0.4) is 0 Å². The Hall–Kier alpha value is -3.49. The van der Waals surface area contributed by atoms with Gasteiger partial charge in [0.15, 0.2) is 0 Å². The number of benzene rings is 3. The fraction of sp³-hybridized carbons (Fsp3) is 0. The summed E-state index contributed by atoms with van der Waals surface area (Å²) < 4.78 is 12.6. The first-order chi connectivity index (χ1) is 15.3. The number of hydrogen-bond acceptors (Lipinski definition) is 3. The van der Waals surface area contributed by atoms with Gasteiger partial charge in [0.05, 0.1) is 11.0 Å². The van der Waals surface area contributed by atoms with Gasteiger partial charge in [-0.1, -0.05) is 48.5 Å². The number of halogens is 1. The van der Waals surface area contributed by atoms with E-state index in [2.05, 4.69) is 57.4 Å². The predicted molar refractivity (Wildman–Crippen MR) is 123 cm³/mol. The number of fused-ring (bicyclic) bond motifs is 5. The van der Waals surface area contributed by atoms with Crippen LogP contribution < -0.4 is 0 Å². The van der Waals surface area contributed by atoms with Crippen molar-refractivity contribution in [1.82, 2.24) is 15.0 Å². The van der Waals surface area contributed by atoms with E-state index >= 15 is 0 Å². The van der Waals surface area contributed by atoms with Crippen LogP contribution in [0.1, 0.15) is 0 Å². The molecule has 6 aromatic rings. The van der Waals surface area contributed by atoms with Crippen LogP contribution >= 0.6 is 0 Å². The van der Waals surface area contributed by atoms with Gasteiger partial charge < -0.3 is 4.98 Å². The summed E-state index contributed by atoms with van der Waals surface area (Å²) >= 11 is 0. The third kappa shape index (κ3) is 4.41. The van der Waals surface area contributed by atoms with E-state index in [0.717, 1.165) is 38.4 Å². The number of pyridine rings is 3. The van der Waals surface area contributed by atoms with Crippen LogP contribution in [-0.2, 0) is 21.1 Å². The van der Waals surface area contributed by atoms with Crippen molar-refractivity contribution >= 4 is 32.6 Å². The maximum atomic E-state index is 12.6. The Morgan fingerprint density at radius 2 is 1.22 bits per heavy atom. The number of hydrogen-bond donors (Lipinski definition) is 0. The fourth-order valence-electron chi connectivity index (χ4n) is 3.58. The first-order valence-corrected chi connectivity index (χ1v) is 9.89. The van der Waals surface area contributed by atoms with Crippen molar-refractivity contribution in [2.24, 2.45) is 0 Å². The van der Waals surface area contributed by atoms with Gasteiger partial charge in [-0.2, -0.15) is 0 Å². The number of nitrogens with zero attached hydrogens (tertiary/aromatic N) is 3. The quantitative estimate of drug-likeness (QED) is 0.158.